The van der Waals surface area contributed by atoms with Gasteiger partial charge in [0.05, 0.1) is 12.2 Å². The molecule has 0 aromatic heterocycles. The van der Waals surface area contributed by atoms with Crippen LogP contribution in [0.2, 0.25) is 5.02 Å². The maximum Gasteiger partial charge on any atom is 0.126 e. The number of ether oxygens (including phenoxy) is 1. The van der Waals surface area contributed by atoms with Gasteiger partial charge in [-0.3, -0.25) is 0 Å². The highest BCUT2D eigenvalue weighted by Crippen LogP contribution is 2.38. The van der Waals surface area contributed by atoms with Crippen LogP contribution in [0.25, 0.3) is 0 Å². The first kappa shape index (κ1) is 13.2. The highest BCUT2D eigenvalue weighted by molar-refractivity contribution is 6.30. The van der Waals surface area contributed by atoms with Crippen LogP contribution in [0.1, 0.15) is 36.8 Å². The molecule has 0 bridgehead atoms. The summed E-state index contributed by atoms with van der Waals surface area (Å²) in [6, 6.07) is 3.99. The molecule has 3 rings (SSSR count). The summed E-state index contributed by atoms with van der Waals surface area (Å²) in [5.41, 5.74) is 7.47. The van der Waals surface area contributed by atoms with Crippen LogP contribution < -0.4 is 10.5 Å². The van der Waals surface area contributed by atoms with Crippen LogP contribution >= 0.6 is 11.6 Å². The summed E-state index contributed by atoms with van der Waals surface area (Å²) in [6.45, 7) is 0.709. The normalized spacial score (nSPS) is 29.9. The average Bonchev–Trinajstić information content (AvgIpc) is 2.75. The van der Waals surface area contributed by atoms with Crippen molar-refractivity contribution >= 4 is 11.6 Å². The van der Waals surface area contributed by atoms with Crippen LogP contribution in [0.15, 0.2) is 12.1 Å². The molecule has 1 heterocycles. The summed E-state index contributed by atoms with van der Waals surface area (Å²) in [5, 5.41) is 11.5. The van der Waals surface area contributed by atoms with Crippen LogP contribution in [0, 0.1) is 0 Å². The molecule has 1 saturated carbocycles. The Labute approximate surface area is 118 Å². The molecule has 0 saturated heterocycles. The van der Waals surface area contributed by atoms with E-state index in [4.69, 9.17) is 22.1 Å². The van der Waals surface area contributed by atoms with Crippen molar-refractivity contribution in [2.75, 3.05) is 6.61 Å². The average molecular weight is 282 g/mol. The summed E-state index contributed by atoms with van der Waals surface area (Å²) in [7, 11) is 0. The molecule has 3 nitrogen and oxygen atoms in total. The van der Waals surface area contributed by atoms with Crippen molar-refractivity contribution in [2.45, 2.75) is 50.2 Å². The van der Waals surface area contributed by atoms with E-state index >= 15 is 0 Å². The van der Waals surface area contributed by atoms with E-state index in [1.165, 1.54) is 0 Å². The van der Waals surface area contributed by atoms with Gasteiger partial charge in [0.1, 0.15) is 5.75 Å². The first-order valence-corrected chi connectivity index (χ1v) is 7.36. The molecule has 0 spiro atoms. The summed E-state index contributed by atoms with van der Waals surface area (Å²) < 4.78 is 5.70. The van der Waals surface area contributed by atoms with Crippen LogP contribution in [0.4, 0.5) is 0 Å². The van der Waals surface area contributed by atoms with Gasteiger partial charge in [0.15, 0.2) is 0 Å². The number of nitrogens with two attached hydrogens (primary N) is 1. The van der Waals surface area contributed by atoms with Crippen molar-refractivity contribution in [2.24, 2.45) is 5.73 Å². The molecule has 2 atom stereocenters. The Morgan fingerprint density at radius 1 is 1.47 bits per heavy atom. The third-order valence-electron chi connectivity index (χ3n) is 4.20. The predicted octanol–water partition coefficient (Wildman–Crippen LogP) is 2.45. The van der Waals surface area contributed by atoms with E-state index in [9.17, 15) is 5.11 Å². The topological polar surface area (TPSA) is 55.5 Å². The number of hydrogen-bond acceptors (Lipinski definition) is 3. The van der Waals surface area contributed by atoms with Crippen molar-refractivity contribution in [3.05, 3.63) is 28.3 Å². The standard InChI is InChI=1S/C15H20ClNO2/c16-12-6-10-3-5-19-14(10)11(7-12)8-15(18)4-1-2-13(17)9-15/h6-7,13,18H,1-5,8-9,17H2. The zero-order chi connectivity index (χ0) is 13.5. The minimum atomic E-state index is -0.706. The lowest BCUT2D eigenvalue weighted by atomic mass is 9.78. The first-order chi connectivity index (χ1) is 9.06. The molecule has 1 aliphatic heterocycles. The van der Waals surface area contributed by atoms with Gasteiger partial charge in [0.25, 0.3) is 0 Å². The summed E-state index contributed by atoms with van der Waals surface area (Å²) in [6.07, 6.45) is 4.95. The molecule has 1 aromatic rings. The third kappa shape index (κ3) is 2.73. The molecular formula is C15H20ClNO2. The smallest absolute Gasteiger partial charge is 0.126 e. The third-order valence-corrected chi connectivity index (χ3v) is 4.42. The lowest BCUT2D eigenvalue weighted by Gasteiger charge is -2.35. The van der Waals surface area contributed by atoms with Crippen molar-refractivity contribution in [1.29, 1.82) is 0 Å². The van der Waals surface area contributed by atoms with Gasteiger partial charge in [-0.05, 0) is 48.9 Å². The Hall–Kier alpha value is -0.770. The second-order valence-electron chi connectivity index (χ2n) is 5.91. The molecule has 2 unspecified atom stereocenters. The Kier molecular flexibility index (Phi) is 3.46. The fourth-order valence-electron chi connectivity index (χ4n) is 3.38. The summed E-state index contributed by atoms with van der Waals surface area (Å²) >= 11 is 6.16. The monoisotopic (exact) mass is 281 g/mol. The van der Waals surface area contributed by atoms with Gasteiger partial charge in [-0.2, -0.15) is 0 Å². The second-order valence-corrected chi connectivity index (χ2v) is 6.35. The van der Waals surface area contributed by atoms with Gasteiger partial charge in [0.2, 0.25) is 0 Å². The molecule has 104 valence electrons. The zero-order valence-electron chi connectivity index (χ0n) is 11.0. The lowest BCUT2D eigenvalue weighted by Crippen LogP contribution is -2.42. The number of halogens is 1. The van der Waals surface area contributed by atoms with E-state index in [0.717, 1.165) is 47.6 Å². The van der Waals surface area contributed by atoms with Crippen molar-refractivity contribution in [3.63, 3.8) is 0 Å². The minimum Gasteiger partial charge on any atom is -0.493 e. The van der Waals surface area contributed by atoms with Gasteiger partial charge in [-0.25, -0.2) is 0 Å². The number of aliphatic hydroxyl groups is 1. The lowest BCUT2D eigenvalue weighted by molar-refractivity contribution is -0.00233. The molecule has 4 heteroatoms. The quantitative estimate of drug-likeness (QED) is 0.875. The van der Waals surface area contributed by atoms with E-state index in [1.807, 2.05) is 12.1 Å². The Balaban J connectivity index is 1.87. The molecule has 0 amide bonds. The van der Waals surface area contributed by atoms with Crippen molar-refractivity contribution in [3.8, 4) is 5.75 Å². The molecule has 1 aromatic carbocycles. The first-order valence-electron chi connectivity index (χ1n) is 6.98. The van der Waals surface area contributed by atoms with Gasteiger partial charge in [0, 0.05) is 23.9 Å². The van der Waals surface area contributed by atoms with E-state index in [0.29, 0.717) is 19.4 Å². The predicted molar refractivity (Wildman–Crippen MR) is 75.7 cm³/mol. The largest absolute Gasteiger partial charge is 0.493 e. The maximum absolute atomic E-state index is 10.7. The SMILES string of the molecule is NC1CCCC(O)(Cc2cc(Cl)cc3c2OCC3)C1. The Bertz CT molecular complexity index is 491. The van der Waals surface area contributed by atoms with E-state index in [2.05, 4.69) is 0 Å². The van der Waals surface area contributed by atoms with Crippen LogP contribution in [-0.4, -0.2) is 23.4 Å². The summed E-state index contributed by atoms with van der Waals surface area (Å²) in [4.78, 5) is 0. The molecule has 0 radical (unpaired) electrons. The van der Waals surface area contributed by atoms with Crippen molar-refractivity contribution in [1.82, 2.24) is 0 Å². The van der Waals surface area contributed by atoms with Gasteiger partial charge < -0.3 is 15.6 Å². The van der Waals surface area contributed by atoms with E-state index < -0.39 is 5.60 Å². The highest BCUT2D eigenvalue weighted by atomic mass is 35.5. The van der Waals surface area contributed by atoms with E-state index in [-0.39, 0.29) is 6.04 Å². The fourth-order valence-corrected chi connectivity index (χ4v) is 3.64. The van der Waals surface area contributed by atoms with Gasteiger partial charge >= 0.3 is 0 Å². The van der Waals surface area contributed by atoms with Crippen LogP contribution in [-0.2, 0) is 12.8 Å². The zero-order valence-corrected chi connectivity index (χ0v) is 11.7. The molecule has 19 heavy (non-hydrogen) atoms. The van der Waals surface area contributed by atoms with Gasteiger partial charge in [-0.1, -0.05) is 11.6 Å². The van der Waals surface area contributed by atoms with E-state index in [1.54, 1.807) is 0 Å². The number of hydrogen-bond donors (Lipinski definition) is 2. The summed E-state index contributed by atoms with van der Waals surface area (Å²) in [5.74, 6) is 0.928. The van der Waals surface area contributed by atoms with Gasteiger partial charge in [-0.15, -0.1) is 0 Å². The molecule has 1 fully saturated rings. The molecular weight excluding hydrogens is 262 g/mol. The second kappa shape index (κ2) is 4.97. The fraction of sp³-hybridized carbons (Fsp3) is 0.600. The van der Waals surface area contributed by atoms with Crippen LogP contribution in [0.5, 0.6) is 5.75 Å². The van der Waals surface area contributed by atoms with Crippen LogP contribution in [0.3, 0.4) is 0 Å². The Morgan fingerprint density at radius 2 is 2.32 bits per heavy atom. The van der Waals surface area contributed by atoms with Crippen molar-refractivity contribution < 1.29 is 9.84 Å². The molecule has 1 aliphatic carbocycles. The molecule has 3 N–H and O–H groups in total. The highest BCUT2D eigenvalue weighted by Gasteiger charge is 2.34. The maximum atomic E-state index is 10.7. The minimum absolute atomic E-state index is 0.104. The molecule has 2 aliphatic rings. The number of fused-ring (bicyclic) bond motifs is 1. The Morgan fingerprint density at radius 3 is 3.11 bits per heavy atom. The number of rotatable bonds is 2. The number of benzene rings is 1.